The van der Waals surface area contributed by atoms with E-state index in [2.05, 4.69) is 0 Å². The highest BCUT2D eigenvalue weighted by molar-refractivity contribution is 5.22. The first-order valence-corrected chi connectivity index (χ1v) is 4.28. The molecule has 0 spiro atoms. The van der Waals surface area contributed by atoms with Crippen LogP contribution in [0.1, 0.15) is 17.5 Å². The zero-order valence-electron chi connectivity index (χ0n) is 7.34. The molecule has 72 valence electrons. The first-order valence-electron chi connectivity index (χ1n) is 4.28. The van der Waals surface area contributed by atoms with Gasteiger partial charge in [-0.25, -0.2) is 8.78 Å². The quantitative estimate of drug-likeness (QED) is 0.765. The van der Waals surface area contributed by atoms with Crippen LogP contribution < -0.4 is 5.73 Å². The normalized spacial score (nSPS) is 10.8. The van der Waals surface area contributed by atoms with Gasteiger partial charge in [-0.05, 0) is 17.5 Å². The van der Waals surface area contributed by atoms with Crippen LogP contribution in [0.3, 0.4) is 0 Å². The minimum atomic E-state index is -2.21. The predicted octanol–water partition coefficient (Wildman–Crippen LogP) is 2.34. The minimum Gasteiger partial charge on any atom is -0.326 e. The van der Waals surface area contributed by atoms with E-state index in [0.717, 1.165) is 11.1 Å². The van der Waals surface area contributed by atoms with Gasteiger partial charge in [-0.15, -0.1) is 0 Å². The molecule has 0 saturated carbocycles. The molecule has 0 aliphatic rings. The van der Waals surface area contributed by atoms with E-state index in [1.165, 1.54) is 0 Å². The number of halogens is 2. The van der Waals surface area contributed by atoms with Gasteiger partial charge in [0.2, 0.25) is 6.43 Å². The number of alkyl halides is 2. The van der Waals surface area contributed by atoms with Gasteiger partial charge in [-0.1, -0.05) is 24.3 Å². The first-order chi connectivity index (χ1) is 6.22. The molecule has 1 aromatic carbocycles. The molecule has 0 aromatic heterocycles. The van der Waals surface area contributed by atoms with Gasteiger partial charge in [0, 0.05) is 13.0 Å². The van der Waals surface area contributed by atoms with Crippen molar-refractivity contribution in [3.05, 3.63) is 35.4 Å². The van der Waals surface area contributed by atoms with Gasteiger partial charge in [-0.2, -0.15) is 0 Å². The standard InChI is InChI=1S/C10H13F2N/c11-10(12)6-5-8-1-3-9(7-13)4-2-8/h1-4,10H,5-7,13H2. The van der Waals surface area contributed by atoms with Crippen LogP contribution >= 0.6 is 0 Å². The molecule has 0 radical (unpaired) electrons. The fourth-order valence-electron chi connectivity index (χ4n) is 1.12. The van der Waals surface area contributed by atoms with E-state index in [0.29, 0.717) is 13.0 Å². The van der Waals surface area contributed by atoms with Crippen LogP contribution in [-0.4, -0.2) is 6.43 Å². The molecule has 3 heteroatoms. The van der Waals surface area contributed by atoms with Crippen LogP contribution in [0.4, 0.5) is 8.78 Å². The topological polar surface area (TPSA) is 26.0 Å². The summed E-state index contributed by atoms with van der Waals surface area (Å²) in [4.78, 5) is 0. The van der Waals surface area contributed by atoms with Gasteiger partial charge < -0.3 is 5.73 Å². The van der Waals surface area contributed by atoms with Crippen molar-refractivity contribution >= 4 is 0 Å². The molecule has 0 atom stereocenters. The lowest BCUT2D eigenvalue weighted by atomic mass is 10.1. The van der Waals surface area contributed by atoms with Crippen molar-refractivity contribution in [3.63, 3.8) is 0 Å². The van der Waals surface area contributed by atoms with Crippen LogP contribution in [0.25, 0.3) is 0 Å². The molecule has 0 heterocycles. The summed E-state index contributed by atoms with van der Waals surface area (Å²) < 4.78 is 23.7. The Bertz CT molecular complexity index is 244. The van der Waals surface area contributed by atoms with Crippen LogP contribution in [0.5, 0.6) is 0 Å². The summed E-state index contributed by atoms with van der Waals surface area (Å²) in [5.41, 5.74) is 7.37. The molecule has 0 fully saturated rings. The lowest BCUT2D eigenvalue weighted by Gasteiger charge is -2.01. The van der Waals surface area contributed by atoms with Crippen LogP contribution in [0, 0.1) is 0 Å². The summed E-state index contributed by atoms with van der Waals surface area (Å²) in [6, 6.07) is 7.46. The predicted molar refractivity (Wildman–Crippen MR) is 48.7 cm³/mol. The van der Waals surface area contributed by atoms with Crippen molar-refractivity contribution in [2.24, 2.45) is 5.73 Å². The second kappa shape index (κ2) is 4.92. The van der Waals surface area contributed by atoms with E-state index < -0.39 is 6.43 Å². The Morgan fingerprint density at radius 1 is 1.08 bits per heavy atom. The number of nitrogens with two attached hydrogens (primary N) is 1. The van der Waals surface area contributed by atoms with Crippen molar-refractivity contribution in [2.45, 2.75) is 25.8 Å². The van der Waals surface area contributed by atoms with E-state index in [1.807, 2.05) is 24.3 Å². The Morgan fingerprint density at radius 3 is 2.08 bits per heavy atom. The summed E-state index contributed by atoms with van der Waals surface area (Å²) in [7, 11) is 0. The van der Waals surface area contributed by atoms with Crippen LogP contribution in [0.15, 0.2) is 24.3 Å². The van der Waals surface area contributed by atoms with E-state index in [-0.39, 0.29) is 6.42 Å². The summed E-state index contributed by atoms with van der Waals surface area (Å²) in [6.07, 6.45) is -1.85. The largest absolute Gasteiger partial charge is 0.326 e. The van der Waals surface area contributed by atoms with E-state index in [1.54, 1.807) is 0 Å². The third-order valence-electron chi connectivity index (χ3n) is 1.91. The molecular weight excluding hydrogens is 172 g/mol. The average molecular weight is 185 g/mol. The van der Waals surface area contributed by atoms with Crippen LogP contribution in [-0.2, 0) is 13.0 Å². The van der Waals surface area contributed by atoms with E-state index in [4.69, 9.17) is 5.73 Å². The van der Waals surface area contributed by atoms with E-state index >= 15 is 0 Å². The van der Waals surface area contributed by atoms with Crippen molar-refractivity contribution in [3.8, 4) is 0 Å². The maximum Gasteiger partial charge on any atom is 0.239 e. The average Bonchev–Trinajstić information content (AvgIpc) is 2.15. The van der Waals surface area contributed by atoms with Crippen molar-refractivity contribution in [2.75, 3.05) is 0 Å². The Hall–Kier alpha value is -0.960. The highest BCUT2D eigenvalue weighted by Crippen LogP contribution is 2.09. The lowest BCUT2D eigenvalue weighted by molar-refractivity contribution is 0.138. The van der Waals surface area contributed by atoms with Crippen molar-refractivity contribution in [1.82, 2.24) is 0 Å². The molecule has 1 aromatic rings. The summed E-state index contributed by atoms with van der Waals surface area (Å²) in [6.45, 7) is 0.495. The Balaban J connectivity index is 2.49. The van der Waals surface area contributed by atoms with E-state index in [9.17, 15) is 8.78 Å². The molecule has 0 aliphatic heterocycles. The van der Waals surface area contributed by atoms with Gasteiger partial charge >= 0.3 is 0 Å². The SMILES string of the molecule is NCc1ccc(CCC(F)F)cc1. The molecule has 0 unspecified atom stereocenters. The second-order valence-corrected chi connectivity index (χ2v) is 2.95. The fraction of sp³-hybridized carbons (Fsp3) is 0.400. The Kier molecular flexibility index (Phi) is 3.83. The Morgan fingerprint density at radius 2 is 1.62 bits per heavy atom. The maximum absolute atomic E-state index is 11.8. The molecular formula is C10H13F2N. The zero-order chi connectivity index (χ0) is 9.68. The molecule has 0 saturated heterocycles. The monoisotopic (exact) mass is 185 g/mol. The summed E-state index contributed by atoms with van der Waals surface area (Å²) in [5, 5.41) is 0. The summed E-state index contributed by atoms with van der Waals surface area (Å²) >= 11 is 0. The minimum absolute atomic E-state index is 0.0675. The second-order valence-electron chi connectivity index (χ2n) is 2.95. The van der Waals surface area contributed by atoms with Crippen molar-refractivity contribution < 1.29 is 8.78 Å². The third kappa shape index (κ3) is 3.51. The number of hydrogen-bond acceptors (Lipinski definition) is 1. The molecule has 1 nitrogen and oxygen atoms in total. The first kappa shape index (κ1) is 10.1. The molecule has 1 rings (SSSR count). The number of hydrogen-bond donors (Lipinski definition) is 1. The molecule has 13 heavy (non-hydrogen) atoms. The van der Waals surface area contributed by atoms with Gasteiger partial charge in [0.25, 0.3) is 0 Å². The van der Waals surface area contributed by atoms with Crippen molar-refractivity contribution in [1.29, 1.82) is 0 Å². The maximum atomic E-state index is 11.8. The smallest absolute Gasteiger partial charge is 0.239 e. The van der Waals surface area contributed by atoms with Gasteiger partial charge in [0.05, 0.1) is 0 Å². The van der Waals surface area contributed by atoms with Crippen LogP contribution in [0.2, 0.25) is 0 Å². The fourth-order valence-corrected chi connectivity index (χ4v) is 1.12. The number of benzene rings is 1. The molecule has 0 bridgehead atoms. The highest BCUT2D eigenvalue weighted by Gasteiger charge is 2.02. The highest BCUT2D eigenvalue weighted by atomic mass is 19.3. The summed E-state index contributed by atoms with van der Waals surface area (Å²) in [5.74, 6) is 0. The molecule has 2 N–H and O–H groups in total. The zero-order valence-corrected chi connectivity index (χ0v) is 7.34. The molecule has 0 amide bonds. The molecule has 0 aliphatic carbocycles. The van der Waals surface area contributed by atoms with Gasteiger partial charge in [0.1, 0.15) is 0 Å². The third-order valence-corrected chi connectivity index (χ3v) is 1.91. The Labute approximate surface area is 76.6 Å². The number of rotatable bonds is 4. The van der Waals surface area contributed by atoms with Gasteiger partial charge in [-0.3, -0.25) is 0 Å². The lowest BCUT2D eigenvalue weighted by Crippen LogP contribution is -1.97. The van der Waals surface area contributed by atoms with Gasteiger partial charge in [0.15, 0.2) is 0 Å². The number of aryl methyl sites for hydroxylation is 1.